The molecule has 0 aliphatic rings. The van der Waals surface area contributed by atoms with Crippen LogP contribution in [0.5, 0.6) is 5.75 Å². The number of anilines is 1. The van der Waals surface area contributed by atoms with E-state index in [1.54, 1.807) is 7.11 Å². The first-order valence-electron chi connectivity index (χ1n) is 7.70. The smallest absolute Gasteiger partial charge is 0.170 e. The summed E-state index contributed by atoms with van der Waals surface area (Å²) in [6, 6.07) is 8.05. The molecule has 0 saturated carbocycles. The van der Waals surface area contributed by atoms with Crippen molar-refractivity contribution in [3.05, 3.63) is 41.2 Å². The Hall–Kier alpha value is -2.08. The Morgan fingerprint density at radius 2 is 2.04 bits per heavy atom. The van der Waals surface area contributed by atoms with Crippen LogP contribution in [0.3, 0.4) is 0 Å². The number of rotatable bonds is 6. The van der Waals surface area contributed by atoms with Crippen molar-refractivity contribution in [2.75, 3.05) is 19.0 Å². The molecule has 0 atom stereocenters. The Morgan fingerprint density at radius 3 is 2.70 bits per heavy atom. The first-order valence-corrected chi connectivity index (χ1v) is 8.11. The first-order chi connectivity index (χ1) is 11.0. The van der Waals surface area contributed by atoms with Gasteiger partial charge in [-0.2, -0.15) is 5.10 Å². The lowest BCUT2D eigenvalue weighted by molar-refractivity contribution is 0.417. The number of methoxy groups -OCH3 is 1. The topological polar surface area (TPSA) is 51.1 Å². The van der Waals surface area contributed by atoms with E-state index in [1.807, 2.05) is 36.7 Å². The molecule has 23 heavy (non-hydrogen) atoms. The fourth-order valence-electron chi connectivity index (χ4n) is 2.42. The van der Waals surface area contributed by atoms with Crippen LogP contribution in [0.25, 0.3) is 0 Å². The minimum absolute atomic E-state index is 0.599. The van der Waals surface area contributed by atoms with Crippen LogP contribution in [0, 0.1) is 20.8 Å². The summed E-state index contributed by atoms with van der Waals surface area (Å²) in [5.74, 6) is 0.780. The maximum absolute atomic E-state index is 5.35. The molecule has 0 radical (unpaired) electrons. The van der Waals surface area contributed by atoms with Crippen LogP contribution in [0.15, 0.2) is 24.3 Å². The summed E-state index contributed by atoms with van der Waals surface area (Å²) in [7, 11) is 1.65. The molecule has 0 saturated heterocycles. The standard InChI is InChI=1S/C17H24N4OS/c1-12-6-7-16(22-4)15(10-12)19-17(23)18-8-5-9-21-14(3)11-13(2)20-21/h6-7,10-11H,5,8-9H2,1-4H3,(H2,18,19,23). The van der Waals surface area contributed by atoms with E-state index in [0.29, 0.717) is 5.11 Å². The second kappa shape index (κ2) is 7.97. The SMILES string of the molecule is COc1ccc(C)cc1NC(=S)NCCCn1nc(C)cc1C. The molecule has 0 bridgehead atoms. The molecule has 6 heteroatoms. The van der Waals surface area contributed by atoms with E-state index >= 15 is 0 Å². The van der Waals surface area contributed by atoms with Gasteiger partial charge < -0.3 is 15.4 Å². The van der Waals surface area contributed by atoms with Crippen LogP contribution in [-0.4, -0.2) is 28.5 Å². The number of aryl methyl sites for hydroxylation is 4. The third-order valence-electron chi connectivity index (χ3n) is 3.54. The third-order valence-corrected chi connectivity index (χ3v) is 3.79. The van der Waals surface area contributed by atoms with Crippen molar-refractivity contribution < 1.29 is 4.74 Å². The molecule has 1 heterocycles. The van der Waals surface area contributed by atoms with Crippen LogP contribution in [-0.2, 0) is 6.54 Å². The third kappa shape index (κ3) is 4.96. The highest BCUT2D eigenvalue weighted by Crippen LogP contribution is 2.24. The van der Waals surface area contributed by atoms with Gasteiger partial charge in [0.25, 0.3) is 0 Å². The lowest BCUT2D eigenvalue weighted by Gasteiger charge is -2.14. The Morgan fingerprint density at radius 1 is 1.26 bits per heavy atom. The number of aromatic nitrogens is 2. The molecule has 2 rings (SSSR count). The van der Waals surface area contributed by atoms with Gasteiger partial charge in [-0.1, -0.05) is 6.07 Å². The van der Waals surface area contributed by atoms with E-state index in [9.17, 15) is 0 Å². The summed E-state index contributed by atoms with van der Waals surface area (Å²) in [6.07, 6.45) is 0.953. The maximum atomic E-state index is 5.35. The van der Waals surface area contributed by atoms with E-state index in [-0.39, 0.29) is 0 Å². The normalized spacial score (nSPS) is 10.4. The zero-order valence-corrected chi connectivity index (χ0v) is 15.0. The molecular formula is C17H24N4OS. The fourth-order valence-corrected chi connectivity index (χ4v) is 2.63. The molecule has 0 fully saturated rings. The number of thiocarbonyl (C=S) groups is 1. The minimum atomic E-state index is 0.599. The molecule has 1 aromatic heterocycles. The monoisotopic (exact) mass is 332 g/mol. The van der Waals surface area contributed by atoms with Crippen molar-refractivity contribution in [3.8, 4) is 5.75 Å². The van der Waals surface area contributed by atoms with Gasteiger partial charge >= 0.3 is 0 Å². The number of nitrogens with one attached hydrogen (secondary N) is 2. The number of benzene rings is 1. The highest BCUT2D eigenvalue weighted by Gasteiger charge is 2.05. The highest BCUT2D eigenvalue weighted by atomic mass is 32.1. The summed E-state index contributed by atoms with van der Waals surface area (Å²) in [5.41, 5.74) is 4.27. The van der Waals surface area contributed by atoms with Crippen molar-refractivity contribution in [1.82, 2.24) is 15.1 Å². The van der Waals surface area contributed by atoms with Crippen molar-refractivity contribution >= 4 is 23.0 Å². The van der Waals surface area contributed by atoms with Gasteiger partial charge in [0.1, 0.15) is 5.75 Å². The molecule has 0 aliphatic carbocycles. The van der Waals surface area contributed by atoms with E-state index in [1.165, 1.54) is 5.69 Å². The van der Waals surface area contributed by atoms with Gasteiger partial charge in [0, 0.05) is 18.8 Å². The quantitative estimate of drug-likeness (QED) is 0.628. The second-order valence-corrected chi connectivity index (χ2v) is 6.00. The molecular weight excluding hydrogens is 308 g/mol. The second-order valence-electron chi connectivity index (χ2n) is 5.59. The molecule has 0 aliphatic heterocycles. The molecule has 0 unspecified atom stereocenters. The van der Waals surface area contributed by atoms with Gasteiger partial charge in [-0.25, -0.2) is 0 Å². The molecule has 5 nitrogen and oxygen atoms in total. The van der Waals surface area contributed by atoms with Gasteiger partial charge in [-0.3, -0.25) is 4.68 Å². The summed E-state index contributed by atoms with van der Waals surface area (Å²) in [5, 5.41) is 11.5. The molecule has 2 aromatic rings. The summed E-state index contributed by atoms with van der Waals surface area (Å²) in [4.78, 5) is 0. The summed E-state index contributed by atoms with van der Waals surface area (Å²) < 4.78 is 7.36. The lowest BCUT2D eigenvalue weighted by atomic mass is 10.2. The number of ether oxygens (including phenoxy) is 1. The van der Waals surface area contributed by atoms with Gasteiger partial charge in [0.2, 0.25) is 0 Å². The molecule has 1 aromatic carbocycles. The highest BCUT2D eigenvalue weighted by molar-refractivity contribution is 7.80. The van der Waals surface area contributed by atoms with E-state index in [0.717, 1.165) is 42.2 Å². The van der Waals surface area contributed by atoms with Crippen molar-refractivity contribution in [1.29, 1.82) is 0 Å². The largest absolute Gasteiger partial charge is 0.495 e. The number of nitrogens with zero attached hydrogens (tertiary/aromatic N) is 2. The fraction of sp³-hybridized carbons (Fsp3) is 0.412. The zero-order valence-electron chi connectivity index (χ0n) is 14.1. The Balaban J connectivity index is 1.79. The predicted molar refractivity (Wildman–Crippen MR) is 98.3 cm³/mol. The zero-order chi connectivity index (χ0) is 16.8. The summed E-state index contributed by atoms with van der Waals surface area (Å²) in [6.45, 7) is 7.79. The average molecular weight is 332 g/mol. The molecule has 0 spiro atoms. The minimum Gasteiger partial charge on any atom is -0.495 e. The van der Waals surface area contributed by atoms with Gasteiger partial charge in [-0.15, -0.1) is 0 Å². The van der Waals surface area contributed by atoms with Crippen LogP contribution in [0.1, 0.15) is 23.4 Å². The van der Waals surface area contributed by atoms with Crippen LogP contribution in [0.4, 0.5) is 5.69 Å². The van der Waals surface area contributed by atoms with Crippen LogP contribution in [0.2, 0.25) is 0 Å². The average Bonchev–Trinajstić information content (AvgIpc) is 2.82. The number of hydrogen-bond donors (Lipinski definition) is 2. The number of hydrogen-bond acceptors (Lipinski definition) is 3. The van der Waals surface area contributed by atoms with Crippen molar-refractivity contribution in [2.45, 2.75) is 33.7 Å². The molecule has 0 amide bonds. The van der Waals surface area contributed by atoms with Crippen molar-refractivity contribution in [2.24, 2.45) is 0 Å². The Labute approximate surface area is 143 Å². The predicted octanol–water partition coefficient (Wildman–Crippen LogP) is 3.19. The first kappa shape index (κ1) is 17.3. The van der Waals surface area contributed by atoms with Gasteiger partial charge in [0.05, 0.1) is 18.5 Å². The maximum Gasteiger partial charge on any atom is 0.170 e. The van der Waals surface area contributed by atoms with E-state index in [4.69, 9.17) is 17.0 Å². The molecule has 124 valence electrons. The van der Waals surface area contributed by atoms with Crippen molar-refractivity contribution in [3.63, 3.8) is 0 Å². The lowest BCUT2D eigenvalue weighted by Crippen LogP contribution is -2.30. The Kier molecular flexibility index (Phi) is 5.98. The van der Waals surface area contributed by atoms with E-state index < -0.39 is 0 Å². The van der Waals surface area contributed by atoms with E-state index in [2.05, 4.69) is 28.7 Å². The Bertz CT molecular complexity index is 681. The molecule has 2 N–H and O–H groups in total. The van der Waals surface area contributed by atoms with Crippen LogP contribution >= 0.6 is 12.2 Å². The summed E-state index contributed by atoms with van der Waals surface area (Å²) >= 11 is 5.35. The van der Waals surface area contributed by atoms with Gasteiger partial charge in [-0.05, 0) is 63.2 Å². The van der Waals surface area contributed by atoms with Crippen LogP contribution < -0.4 is 15.4 Å². The van der Waals surface area contributed by atoms with Gasteiger partial charge in [0.15, 0.2) is 5.11 Å².